The maximum Gasteiger partial charge on any atom is 0.164 e. The maximum absolute atomic E-state index is 6.66. The van der Waals surface area contributed by atoms with Gasteiger partial charge in [-0.2, -0.15) is 0 Å². The zero-order valence-electron chi connectivity index (χ0n) is 40.3. The highest BCUT2D eigenvalue weighted by Gasteiger charge is 2.51. The normalized spacial score (nSPS) is 12.9. The largest absolute Gasteiger partial charge is 0.456 e. The molecule has 75 heavy (non-hydrogen) atoms. The van der Waals surface area contributed by atoms with E-state index in [1.165, 1.54) is 70.2 Å². The first-order valence-corrected chi connectivity index (χ1v) is 26.3. The van der Waals surface area contributed by atoms with E-state index < -0.39 is 0 Å². The van der Waals surface area contributed by atoms with Gasteiger partial charge in [0.2, 0.25) is 0 Å². The van der Waals surface area contributed by atoms with E-state index >= 15 is 0 Å². The van der Waals surface area contributed by atoms with Crippen LogP contribution in [0.5, 0.6) is 0 Å². The number of furan rings is 1. The molecule has 2 aliphatic carbocycles. The Balaban J connectivity index is 0.824. The van der Waals surface area contributed by atoms with Gasteiger partial charge in [-0.25, -0.2) is 15.0 Å². The molecule has 0 atom stereocenters. The van der Waals surface area contributed by atoms with Gasteiger partial charge >= 0.3 is 0 Å². The fourth-order valence-corrected chi connectivity index (χ4v) is 13.5. The van der Waals surface area contributed by atoms with Gasteiger partial charge in [0, 0.05) is 47.6 Å². The molecule has 3 aromatic heterocycles. The van der Waals surface area contributed by atoms with Crippen molar-refractivity contribution in [1.82, 2.24) is 15.0 Å². The molecule has 0 saturated carbocycles. The highest BCUT2D eigenvalue weighted by atomic mass is 32.1. The fraction of sp³-hybridized carbons (Fsp3) is 0.0143. The molecule has 2 aliphatic rings. The molecule has 0 aliphatic heterocycles. The number of fused-ring (bicyclic) bond motifs is 16. The minimum Gasteiger partial charge on any atom is -0.456 e. The summed E-state index contributed by atoms with van der Waals surface area (Å²) in [5.41, 5.74) is 21.3. The predicted octanol–water partition coefficient (Wildman–Crippen LogP) is 18.5. The maximum atomic E-state index is 6.66. The van der Waals surface area contributed by atoms with Crippen LogP contribution in [0.15, 0.2) is 253 Å². The van der Waals surface area contributed by atoms with Crippen molar-refractivity contribution in [2.24, 2.45) is 0 Å². The SMILES string of the molecule is c1ccc(-c2cccc(-c3nc(-c4ccc5sc6ccccc6c5c4)nc(-c4cccc5oc6ccc(-c7cccc(-c8ccc9c(c8)-c8ccccc8C98c9ccccc9-c9ccccc98)c7)cc6c45)n3)c2)cc1. The number of hydrogen-bond acceptors (Lipinski definition) is 5. The van der Waals surface area contributed by atoms with E-state index in [1.54, 1.807) is 11.3 Å². The van der Waals surface area contributed by atoms with Crippen LogP contribution in [0.4, 0.5) is 0 Å². The molecule has 0 amide bonds. The molecule has 1 spiro atoms. The molecule has 11 aromatic carbocycles. The van der Waals surface area contributed by atoms with Crippen LogP contribution < -0.4 is 0 Å². The average Bonchev–Trinajstić information content (AvgIpc) is 4.30. The third kappa shape index (κ3) is 6.32. The van der Waals surface area contributed by atoms with Crippen LogP contribution in [0, 0.1) is 0 Å². The number of nitrogens with zero attached hydrogens (tertiary/aromatic N) is 3. The quantitative estimate of drug-likeness (QED) is 0.167. The Labute approximate surface area is 436 Å². The van der Waals surface area contributed by atoms with Crippen LogP contribution in [0.2, 0.25) is 0 Å². The number of aromatic nitrogens is 3. The minimum absolute atomic E-state index is 0.368. The second-order valence-corrected chi connectivity index (χ2v) is 20.9. The topological polar surface area (TPSA) is 51.8 Å². The van der Waals surface area contributed by atoms with Crippen molar-refractivity contribution in [3.8, 4) is 89.8 Å². The van der Waals surface area contributed by atoms with Gasteiger partial charge < -0.3 is 4.42 Å². The van der Waals surface area contributed by atoms with Crippen molar-refractivity contribution in [2.45, 2.75) is 5.41 Å². The standard InChI is InChI=1S/C70H41N3OS/c1-2-15-42(16-3-1)43-17-13-20-48(38-43)67-71-68(49-33-36-65-56(41-49)53-24-7-11-30-64(53)75-65)73-69(72-67)54-25-14-29-63-66(54)57-40-47(32-35-62(57)74-63)45-19-12-18-44(37-45)46-31-34-61-55(39-46)52-23-6-10-28-60(52)70(61)58-26-8-4-21-50(58)51-22-5-9-27-59(51)70/h1-41H. The van der Waals surface area contributed by atoms with Gasteiger partial charge in [-0.1, -0.05) is 188 Å². The summed E-state index contributed by atoms with van der Waals surface area (Å²) in [4.78, 5) is 15.9. The molecular formula is C70H41N3OS. The van der Waals surface area contributed by atoms with Crippen molar-refractivity contribution >= 4 is 53.4 Å². The summed E-state index contributed by atoms with van der Waals surface area (Å²) in [7, 11) is 0. The number of thiophene rings is 1. The van der Waals surface area contributed by atoms with E-state index in [1.807, 2.05) is 18.2 Å². The number of rotatable bonds is 6. The first kappa shape index (κ1) is 42.0. The zero-order valence-corrected chi connectivity index (χ0v) is 41.1. The van der Waals surface area contributed by atoms with E-state index in [4.69, 9.17) is 19.4 Å². The van der Waals surface area contributed by atoms with Gasteiger partial charge in [0.25, 0.3) is 0 Å². The first-order valence-electron chi connectivity index (χ1n) is 25.5. The Morgan fingerprint density at radius 1 is 0.280 bits per heavy atom. The molecule has 3 heterocycles. The van der Waals surface area contributed by atoms with Crippen molar-refractivity contribution < 1.29 is 4.42 Å². The van der Waals surface area contributed by atoms with Gasteiger partial charge in [0.05, 0.1) is 5.41 Å². The van der Waals surface area contributed by atoms with E-state index in [2.05, 4.69) is 231 Å². The lowest BCUT2D eigenvalue weighted by molar-refractivity contribution is 0.669. The summed E-state index contributed by atoms with van der Waals surface area (Å²) < 4.78 is 9.15. The first-order chi connectivity index (χ1) is 37.1. The molecule has 348 valence electrons. The minimum atomic E-state index is -0.368. The van der Waals surface area contributed by atoms with E-state index in [0.29, 0.717) is 17.5 Å². The molecule has 5 heteroatoms. The third-order valence-electron chi connectivity index (χ3n) is 15.8. The van der Waals surface area contributed by atoms with Crippen molar-refractivity contribution in [2.75, 3.05) is 0 Å². The summed E-state index contributed by atoms with van der Waals surface area (Å²) in [6.07, 6.45) is 0. The predicted molar refractivity (Wildman–Crippen MR) is 309 cm³/mol. The highest BCUT2D eigenvalue weighted by molar-refractivity contribution is 7.25. The molecule has 14 aromatic rings. The lowest BCUT2D eigenvalue weighted by atomic mass is 9.70. The van der Waals surface area contributed by atoms with Crippen molar-refractivity contribution in [3.05, 3.63) is 271 Å². The molecule has 0 bridgehead atoms. The monoisotopic (exact) mass is 971 g/mol. The Morgan fingerprint density at radius 2 is 0.760 bits per heavy atom. The van der Waals surface area contributed by atoms with Crippen LogP contribution in [0.1, 0.15) is 22.3 Å². The zero-order chi connectivity index (χ0) is 49.2. The smallest absolute Gasteiger partial charge is 0.164 e. The van der Waals surface area contributed by atoms with E-state index in [0.717, 1.165) is 66.4 Å². The summed E-state index contributed by atoms with van der Waals surface area (Å²) in [5.74, 6) is 1.80. The average molecular weight is 972 g/mol. The molecular weight excluding hydrogens is 931 g/mol. The second kappa shape index (κ2) is 16.2. The van der Waals surface area contributed by atoms with Gasteiger partial charge in [0.15, 0.2) is 17.5 Å². The summed E-state index contributed by atoms with van der Waals surface area (Å²) in [5, 5.41) is 4.39. The summed E-state index contributed by atoms with van der Waals surface area (Å²) in [6, 6.07) is 89.9. The molecule has 4 nitrogen and oxygen atoms in total. The van der Waals surface area contributed by atoms with E-state index in [9.17, 15) is 0 Å². The molecule has 0 N–H and O–H groups in total. The van der Waals surface area contributed by atoms with Crippen LogP contribution in [-0.4, -0.2) is 15.0 Å². The van der Waals surface area contributed by atoms with Crippen LogP contribution >= 0.6 is 11.3 Å². The van der Waals surface area contributed by atoms with Crippen molar-refractivity contribution in [1.29, 1.82) is 0 Å². The van der Waals surface area contributed by atoms with Crippen molar-refractivity contribution in [3.63, 3.8) is 0 Å². The molecule has 16 rings (SSSR count). The lowest BCUT2D eigenvalue weighted by Crippen LogP contribution is -2.25. The number of benzene rings is 11. The van der Waals surface area contributed by atoms with Gasteiger partial charge in [-0.15, -0.1) is 11.3 Å². The Hall–Kier alpha value is -9.55. The Morgan fingerprint density at radius 3 is 1.51 bits per heavy atom. The fourth-order valence-electron chi connectivity index (χ4n) is 12.4. The summed E-state index contributed by atoms with van der Waals surface area (Å²) >= 11 is 1.81. The highest BCUT2D eigenvalue weighted by Crippen LogP contribution is 2.63. The second-order valence-electron chi connectivity index (χ2n) is 19.8. The molecule has 0 radical (unpaired) electrons. The lowest BCUT2D eigenvalue weighted by Gasteiger charge is -2.30. The van der Waals surface area contributed by atoms with E-state index in [-0.39, 0.29) is 5.41 Å². The van der Waals surface area contributed by atoms with Crippen LogP contribution in [0.25, 0.3) is 132 Å². The number of hydrogen-bond donors (Lipinski definition) is 0. The van der Waals surface area contributed by atoms with Gasteiger partial charge in [-0.05, 0) is 139 Å². The van der Waals surface area contributed by atoms with Crippen LogP contribution in [-0.2, 0) is 5.41 Å². The van der Waals surface area contributed by atoms with Crippen LogP contribution in [0.3, 0.4) is 0 Å². The van der Waals surface area contributed by atoms with Gasteiger partial charge in [0.1, 0.15) is 11.2 Å². The van der Waals surface area contributed by atoms with Gasteiger partial charge in [-0.3, -0.25) is 0 Å². The molecule has 0 saturated heterocycles. The summed E-state index contributed by atoms with van der Waals surface area (Å²) in [6.45, 7) is 0. The molecule has 0 fully saturated rings. The Kier molecular flexibility index (Phi) is 9.09. The third-order valence-corrected chi connectivity index (χ3v) is 16.9. The molecule has 0 unspecified atom stereocenters. The Bertz CT molecular complexity index is 4630.